The number of nitrogens with zero attached hydrogens (tertiary/aromatic N) is 1. The summed E-state index contributed by atoms with van der Waals surface area (Å²) in [4.78, 5) is 1.88. The summed E-state index contributed by atoms with van der Waals surface area (Å²) in [5.74, 6) is 0. The maximum atomic E-state index is 12.2. The van der Waals surface area contributed by atoms with E-state index in [0.29, 0.717) is 0 Å². The van der Waals surface area contributed by atoms with Gasteiger partial charge in [0.25, 0.3) is 0 Å². The molecule has 0 aliphatic carbocycles. The summed E-state index contributed by atoms with van der Waals surface area (Å²) in [6.07, 6.45) is -4.26. The van der Waals surface area contributed by atoms with E-state index in [0.717, 1.165) is 29.7 Å². The van der Waals surface area contributed by atoms with Crippen LogP contribution in [0.3, 0.4) is 0 Å². The Morgan fingerprint density at radius 1 is 1.20 bits per heavy atom. The van der Waals surface area contributed by atoms with E-state index in [-0.39, 0.29) is 0 Å². The van der Waals surface area contributed by atoms with Crippen LogP contribution in [0.2, 0.25) is 0 Å². The van der Waals surface area contributed by atoms with Crippen molar-refractivity contribution in [3.8, 4) is 0 Å². The van der Waals surface area contributed by atoms with Gasteiger partial charge in [0.2, 0.25) is 0 Å². The molecule has 0 aromatic heterocycles. The third-order valence-corrected chi connectivity index (χ3v) is 2.41. The van der Waals surface area contributed by atoms with Crippen LogP contribution in [0.5, 0.6) is 0 Å². The van der Waals surface area contributed by atoms with Crippen molar-refractivity contribution in [2.24, 2.45) is 0 Å². The van der Waals surface area contributed by atoms with Gasteiger partial charge in [-0.3, -0.25) is 0 Å². The van der Waals surface area contributed by atoms with Crippen molar-refractivity contribution in [2.75, 3.05) is 23.8 Å². The minimum Gasteiger partial charge on any atom is -0.374 e. The number of benzene rings is 1. The summed E-state index contributed by atoms with van der Waals surface area (Å²) >= 11 is 3.27. The lowest BCUT2D eigenvalue weighted by Gasteiger charge is -2.18. The number of rotatable bonds is 3. The van der Waals surface area contributed by atoms with Crippen LogP contribution in [0, 0.1) is 0 Å². The Morgan fingerprint density at radius 2 is 1.73 bits per heavy atom. The minimum absolute atomic E-state index is 0.613. The predicted molar refractivity (Wildman–Crippen MR) is 58.5 cm³/mol. The van der Waals surface area contributed by atoms with Crippen LogP contribution in [-0.2, 0) is 6.18 Å². The Labute approximate surface area is 95.0 Å². The Hall–Kier alpha value is -0.710. The first-order valence-electron chi connectivity index (χ1n) is 4.39. The molecule has 84 valence electrons. The first kappa shape index (κ1) is 12.4. The summed E-state index contributed by atoms with van der Waals surface area (Å²) in [5.41, 5.74) is 0.168. The third-order valence-electron chi connectivity index (χ3n) is 2.06. The number of alkyl halides is 4. The number of hydrogen-bond donors (Lipinski definition) is 0. The largest absolute Gasteiger partial charge is 0.416 e. The molecule has 0 aliphatic heterocycles. The molecule has 0 radical (unpaired) electrons. The van der Waals surface area contributed by atoms with E-state index < -0.39 is 11.7 Å². The molecule has 1 aromatic rings. The quantitative estimate of drug-likeness (QED) is 0.766. The molecule has 0 atom stereocenters. The lowest BCUT2D eigenvalue weighted by Crippen LogP contribution is -2.19. The maximum absolute atomic E-state index is 12.2. The standard InChI is InChI=1S/C10H11BrF3N/c1-15(7-6-11)9-4-2-8(3-5-9)10(12,13)14/h2-5H,6-7H2,1H3. The highest BCUT2D eigenvalue weighted by Crippen LogP contribution is 2.30. The highest BCUT2D eigenvalue weighted by molar-refractivity contribution is 9.09. The third kappa shape index (κ3) is 3.41. The van der Waals surface area contributed by atoms with Crippen LogP contribution in [0.1, 0.15) is 5.56 Å². The fraction of sp³-hybridized carbons (Fsp3) is 0.400. The fourth-order valence-corrected chi connectivity index (χ4v) is 1.69. The number of halogens is 4. The molecule has 0 unspecified atom stereocenters. The van der Waals surface area contributed by atoms with E-state index in [4.69, 9.17) is 0 Å². The molecule has 1 nitrogen and oxygen atoms in total. The van der Waals surface area contributed by atoms with Crippen LogP contribution in [0.15, 0.2) is 24.3 Å². The molecule has 0 N–H and O–H groups in total. The molecule has 0 bridgehead atoms. The SMILES string of the molecule is CN(CCBr)c1ccc(C(F)(F)F)cc1. The molecule has 0 saturated heterocycles. The van der Waals surface area contributed by atoms with Crippen LogP contribution in [-0.4, -0.2) is 18.9 Å². The normalized spacial score (nSPS) is 11.5. The highest BCUT2D eigenvalue weighted by atomic mass is 79.9. The second kappa shape index (κ2) is 4.88. The molecule has 1 aromatic carbocycles. The molecule has 0 amide bonds. The summed E-state index contributed by atoms with van der Waals surface area (Å²) < 4.78 is 36.7. The zero-order valence-corrected chi connectivity index (χ0v) is 9.77. The van der Waals surface area contributed by atoms with E-state index in [1.165, 1.54) is 12.1 Å². The molecule has 5 heteroatoms. The van der Waals surface area contributed by atoms with E-state index >= 15 is 0 Å². The van der Waals surface area contributed by atoms with E-state index in [9.17, 15) is 13.2 Å². The predicted octanol–water partition coefficient (Wildman–Crippen LogP) is 3.54. The van der Waals surface area contributed by atoms with Crippen molar-refractivity contribution < 1.29 is 13.2 Å². The molecule has 0 aliphatic rings. The summed E-state index contributed by atoms with van der Waals surface area (Å²) in [5, 5.41) is 0.782. The molecule has 15 heavy (non-hydrogen) atoms. The fourth-order valence-electron chi connectivity index (χ4n) is 1.16. The molecular formula is C10H11BrF3N. The monoisotopic (exact) mass is 281 g/mol. The van der Waals surface area contributed by atoms with Gasteiger partial charge >= 0.3 is 6.18 Å². The first-order valence-corrected chi connectivity index (χ1v) is 5.51. The molecule has 1 rings (SSSR count). The van der Waals surface area contributed by atoms with Gasteiger partial charge in [-0.2, -0.15) is 13.2 Å². The van der Waals surface area contributed by atoms with Gasteiger partial charge in [0.1, 0.15) is 0 Å². The lowest BCUT2D eigenvalue weighted by atomic mass is 10.2. The van der Waals surface area contributed by atoms with Gasteiger partial charge in [0.05, 0.1) is 5.56 Å². The van der Waals surface area contributed by atoms with Crippen molar-refractivity contribution in [1.29, 1.82) is 0 Å². The van der Waals surface area contributed by atoms with Gasteiger partial charge < -0.3 is 4.90 Å². The van der Waals surface area contributed by atoms with Gasteiger partial charge in [-0.1, -0.05) is 15.9 Å². The summed E-state index contributed by atoms with van der Waals surface area (Å²) in [7, 11) is 1.84. The number of anilines is 1. The molecule has 0 heterocycles. The van der Waals surface area contributed by atoms with E-state index in [1.807, 2.05) is 11.9 Å². The Kier molecular flexibility index (Phi) is 4.02. The van der Waals surface area contributed by atoms with Gasteiger partial charge in [0, 0.05) is 24.6 Å². The van der Waals surface area contributed by atoms with Crippen molar-refractivity contribution >= 4 is 21.6 Å². The van der Waals surface area contributed by atoms with Crippen molar-refractivity contribution in [1.82, 2.24) is 0 Å². The summed E-state index contributed by atoms with van der Waals surface area (Å²) in [6, 6.07) is 5.15. The Bertz CT molecular complexity index is 307. The second-order valence-corrected chi connectivity index (χ2v) is 3.95. The summed E-state index contributed by atoms with van der Waals surface area (Å²) in [6.45, 7) is 0.755. The van der Waals surface area contributed by atoms with Crippen LogP contribution in [0.4, 0.5) is 18.9 Å². The molecule has 0 spiro atoms. The zero-order valence-electron chi connectivity index (χ0n) is 8.18. The van der Waals surface area contributed by atoms with Crippen LogP contribution >= 0.6 is 15.9 Å². The topological polar surface area (TPSA) is 3.24 Å². The maximum Gasteiger partial charge on any atom is 0.416 e. The Morgan fingerprint density at radius 3 is 2.13 bits per heavy atom. The van der Waals surface area contributed by atoms with Crippen LogP contribution in [0.25, 0.3) is 0 Å². The van der Waals surface area contributed by atoms with Gasteiger partial charge in [-0.15, -0.1) is 0 Å². The Balaban J connectivity index is 2.81. The lowest BCUT2D eigenvalue weighted by molar-refractivity contribution is -0.137. The highest BCUT2D eigenvalue weighted by Gasteiger charge is 2.29. The van der Waals surface area contributed by atoms with E-state index in [1.54, 1.807) is 0 Å². The van der Waals surface area contributed by atoms with Crippen molar-refractivity contribution in [2.45, 2.75) is 6.18 Å². The smallest absolute Gasteiger partial charge is 0.374 e. The molecule has 0 fully saturated rings. The van der Waals surface area contributed by atoms with Gasteiger partial charge in [0.15, 0.2) is 0 Å². The van der Waals surface area contributed by atoms with Crippen molar-refractivity contribution in [3.63, 3.8) is 0 Å². The second-order valence-electron chi connectivity index (χ2n) is 3.16. The van der Waals surface area contributed by atoms with Crippen LogP contribution < -0.4 is 4.90 Å². The number of hydrogen-bond acceptors (Lipinski definition) is 1. The molecule has 0 saturated carbocycles. The average Bonchev–Trinajstić information content (AvgIpc) is 2.17. The van der Waals surface area contributed by atoms with Gasteiger partial charge in [-0.05, 0) is 24.3 Å². The van der Waals surface area contributed by atoms with Gasteiger partial charge in [-0.25, -0.2) is 0 Å². The van der Waals surface area contributed by atoms with Crippen molar-refractivity contribution in [3.05, 3.63) is 29.8 Å². The zero-order chi connectivity index (χ0) is 11.5. The molecular weight excluding hydrogens is 271 g/mol. The van der Waals surface area contributed by atoms with E-state index in [2.05, 4.69) is 15.9 Å². The average molecular weight is 282 g/mol. The first-order chi connectivity index (χ1) is 6.95. The minimum atomic E-state index is -4.26.